The maximum atomic E-state index is 12.2. The summed E-state index contributed by atoms with van der Waals surface area (Å²) < 4.78 is 36.9. The van der Waals surface area contributed by atoms with E-state index in [4.69, 9.17) is 13.7 Å². The first-order chi connectivity index (χ1) is 50.3. The third-order valence-corrected chi connectivity index (χ3v) is 54.4. The van der Waals surface area contributed by atoms with Crippen LogP contribution in [0.3, 0.4) is 0 Å². The number of halogens is 2. The van der Waals surface area contributed by atoms with Gasteiger partial charge in [0, 0.05) is 58.5 Å². The zero-order valence-corrected chi connectivity index (χ0v) is 105. The first-order valence-corrected chi connectivity index (χ1v) is 55.3. The van der Waals surface area contributed by atoms with Crippen LogP contribution in [-0.2, 0) is 42.7 Å². The van der Waals surface area contributed by atoms with Gasteiger partial charge in [-0.25, -0.2) is 0 Å². The van der Waals surface area contributed by atoms with Crippen molar-refractivity contribution in [3.8, 4) is 0 Å². The second-order valence-electron chi connectivity index (χ2n) is 49.1. The standard InChI is InChI=1S/C24H46O2S2.C21H40O2S2.C13H25BrO2.2C12H24S2.C9H20S2.C3H6O.C2H6.IO4.Na.2H2O/c1-17(2,16(25)26)18(3,4)19(5,6)20(7,8)24(15)21(9,10)22(11,12)27-23(13,14)28-24;1-15(2,14(22)23)16(3,4)17(5,6)18(7,8)21(13)19(9,10)20(11,12)24-25-21;1-10(2,9(15)16)11(3,4)12(5,6)13(7,8)14;2*1-9(2)10(3,4)13-12(7,8)14-11(9,5)6;1-7(2,8(3,4)10)9(5,6)11;1-3(2)4;1-2;2-1(3,4)5;;;/h1-15H3,(H,25,26);1-13H3,(H,22,23);1-8H3,(H,15,16);2*1-8H3;10-11H,1-6H3;1-2H3;1-2H3;;;2*1H2/q;;;;;;;;-1;+1;;. The number of thiol groups is 4. The second-order valence-corrected chi connectivity index (χ2v) is 73.2. The van der Waals surface area contributed by atoms with Gasteiger partial charge in [0.25, 0.3) is 0 Å². The number of carboxylic acids is 3. The van der Waals surface area contributed by atoms with Gasteiger partial charge in [-0.3, -0.25) is 28.1 Å². The van der Waals surface area contributed by atoms with Crippen LogP contribution in [0.2, 0.25) is 0 Å². The molecule has 13 nitrogen and oxygen atoms in total. The van der Waals surface area contributed by atoms with Crippen LogP contribution < -0.4 is 63.4 Å². The number of ketones is 1. The molecule has 0 aliphatic carbocycles. The molecule has 732 valence electrons. The van der Waals surface area contributed by atoms with E-state index in [1.165, 1.54) is 25.6 Å². The maximum Gasteiger partial charge on any atom is 1.00 e. The minimum Gasteiger partial charge on any atom is -0.870 e. The third kappa shape index (κ3) is 28.9. The minimum atomic E-state index is -5.94. The van der Waals surface area contributed by atoms with Crippen molar-refractivity contribution in [2.24, 2.45) is 86.6 Å². The molecule has 2 unspecified atom stereocenters. The first-order valence-electron chi connectivity index (χ1n) is 42.8. The number of thioether (sulfide) groups is 4. The first kappa shape index (κ1) is 141. The van der Waals surface area contributed by atoms with E-state index < -0.39 is 65.1 Å². The molecular formula is C96H195BrINaO13S10. The van der Waals surface area contributed by atoms with Gasteiger partial charge in [-0.1, -0.05) is 310 Å². The Morgan fingerprint density at radius 3 is 0.762 bits per heavy atom. The van der Waals surface area contributed by atoms with Crippen LogP contribution in [-0.4, -0.2) is 114 Å². The van der Waals surface area contributed by atoms with Crippen LogP contribution in [0.15, 0.2) is 0 Å². The number of alkyl halides is 1. The molecule has 122 heavy (non-hydrogen) atoms. The molecule has 2 atom stereocenters. The number of carbonyl (C=O) groups is 4. The van der Waals surface area contributed by atoms with Crippen molar-refractivity contribution < 1.29 is 109 Å². The molecule has 0 aromatic carbocycles. The average molecular weight is 2110 g/mol. The molecule has 0 bridgehead atoms. The molecule has 0 saturated carbocycles. The Labute approximate surface area is 836 Å². The predicted molar refractivity (Wildman–Crippen MR) is 551 cm³/mol. The number of rotatable bonds is 16. The smallest absolute Gasteiger partial charge is 0.870 e. The Balaban J connectivity index is -0.000000212. The number of Topliss-reactive ketones (excluding diaryl/α,β-unsaturated/α-hetero) is 1. The molecule has 4 fully saturated rings. The van der Waals surface area contributed by atoms with Gasteiger partial charge in [0.05, 0.1) is 20.3 Å². The molecule has 5 N–H and O–H groups in total. The van der Waals surface area contributed by atoms with Gasteiger partial charge < -0.3 is 31.1 Å². The predicted octanol–water partition coefficient (Wildman–Crippen LogP) is 21.1. The molecular weight excluding hydrogens is 1910 g/mol. The normalized spacial score (nSPS) is 23.6. The van der Waals surface area contributed by atoms with Crippen molar-refractivity contribution >= 4 is 157 Å². The van der Waals surface area contributed by atoms with E-state index in [0.717, 1.165) is 0 Å². The average Bonchev–Trinajstić information content (AvgIpc) is 1.46. The molecule has 0 spiro atoms. The van der Waals surface area contributed by atoms with Gasteiger partial charge in [0.15, 0.2) is 8.16 Å². The topological polar surface area (TPSA) is 281 Å². The number of hydrogen-bond acceptors (Lipinski definition) is 18. The summed E-state index contributed by atoms with van der Waals surface area (Å²) in [5, 5.41) is 29.3. The van der Waals surface area contributed by atoms with Gasteiger partial charge in [0.1, 0.15) is 35.4 Å². The molecule has 0 radical (unpaired) electrons. The van der Waals surface area contributed by atoms with Crippen molar-refractivity contribution in [1.82, 2.24) is 0 Å². The van der Waals surface area contributed by atoms with Crippen LogP contribution in [0.5, 0.6) is 0 Å². The van der Waals surface area contributed by atoms with Gasteiger partial charge in [-0.05, 0) is 258 Å². The molecule has 4 saturated heterocycles. The monoisotopic (exact) mass is 2100 g/mol. The van der Waals surface area contributed by atoms with E-state index >= 15 is 0 Å². The van der Waals surface area contributed by atoms with Crippen molar-refractivity contribution in [2.75, 3.05) is 0 Å². The summed E-state index contributed by atoms with van der Waals surface area (Å²) in [6, 6.07) is 0. The Hall–Kier alpha value is 3.55. The zero-order chi connectivity index (χ0) is 99.5. The van der Waals surface area contributed by atoms with Gasteiger partial charge in [-0.2, -0.15) is 25.3 Å². The fourth-order valence-corrected chi connectivity index (χ4v) is 38.3. The number of hydrogen-bond donors (Lipinski definition) is 5. The van der Waals surface area contributed by atoms with Crippen molar-refractivity contribution in [2.45, 2.75) is 493 Å². The molecule has 4 aliphatic heterocycles. The van der Waals surface area contributed by atoms with Crippen LogP contribution in [0.25, 0.3) is 0 Å². The summed E-state index contributed by atoms with van der Waals surface area (Å²) in [6.07, 6.45) is 0. The van der Waals surface area contributed by atoms with Crippen LogP contribution in [0.4, 0.5) is 0 Å². The van der Waals surface area contributed by atoms with Gasteiger partial charge >= 0.3 is 47.5 Å². The molecule has 0 amide bonds. The molecule has 26 heteroatoms. The summed E-state index contributed by atoms with van der Waals surface area (Å²) in [7, 11) is 3.98. The third-order valence-electron chi connectivity index (χ3n) is 36.0. The van der Waals surface area contributed by atoms with E-state index in [1.807, 2.05) is 77.0 Å². The summed E-state index contributed by atoms with van der Waals surface area (Å²) >= 11 is 18.4. The summed E-state index contributed by atoms with van der Waals surface area (Å²) in [5.74, 6) is -2.02. The Morgan fingerprint density at radius 1 is 0.336 bits per heavy atom. The fourth-order valence-electron chi connectivity index (χ4n) is 16.8. The Morgan fingerprint density at radius 2 is 0.557 bits per heavy atom. The van der Waals surface area contributed by atoms with E-state index in [-0.39, 0.29) is 132 Å². The quantitative estimate of drug-likeness (QED) is 0.0240. The number of carboxylic acid groups (broad SMARTS) is 3. The largest absolute Gasteiger partial charge is 1.00 e. The maximum absolute atomic E-state index is 12.2. The number of aliphatic carboxylic acids is 3. The fraction of sp³-hybridized carbons (Fsp3) is 0.958. The van der Waals surface area contributed by atoms with Crippen molar-refractivity contribution in [3.05, 3.63) is 0 Å². The molecule has 4 rings (SSSR count). The second kappa shape index (κ2) is 43.3. The summed E-state index contributed by atoms with van der Waals surface area (Å²) in [5.41, 5.74) is -3.40. The van der Waals surface area contributed by atoms with Crippen molar-refractivity contribution in [1.29, 1.82) is 0 Å². The van der Waals surface area contributed by atoms with E-state index in [9.17, 15) is 34.5 Å². The molecule has 4 heterocycles. The van der Waals surface area contributed by atoms with Crippen LogP contribution in [0.1, 0.15) is 429 Å². The van der Waals surface area contributed by atoms with Gasteiger partial charge in [-0.15, -0.1) is 23.5 Å². The summed E-state index contributed by atoms with van der Waals surface area (Å²) in [6.45, 7) is 138. The molecule has 4 aliphatic rings. The van der Waals surface area contributed by atoms with E-state index in [2.05, 4.69) is 434 Å². The summed E-state index contributed by atoms with van der Waals surface area (Å²) in [4.78, 5) is 45.2. The molecule has 0 aromatic rings. The Kier molecular flexibility index (Phi) is 50.0. The van der Waals surface area contributed by atoms with E-state index in [0.29, 0.717) is 38.0 Å². The zero-order valence-electron chi connectivity index (χ0n) is 90.5. The van der Waals surface area contributed by atoms with E-state index in [1.54, 1.807) is 25.6 Å². The van der Waals surface area contributed by atoms with Crippen molar-refractivity contribution in [3.63, 3.8) is 0 Å². The van der Waals surface area contributed by atoms with Crippen LogP contribution >= 0.6 is 110 Å². The Bertz CT molecular complexity index is 3240. The SMILES string of the molecule is CC.CC(C)(Br)C(C)(C)C(C)(C)C(C)(C)C(=O)O.CC(C)(S)C(C)(C)C(C)(C)S.CC(C)=O.CC1(C)SC(C)(C)C(C)(C)C(C)(C(C)(C)C(C)(C)C(C)(C)C(C)(C)C(=O)O)[SH+]1.CC1(C)SC(C)(C)C(C)(C)C(C)(C)S1.CC1(C)SC(C)(C)C(C)(C)C(C)(C)[SH+]1.CC1(C)SSC(C)(C(C)(C)C(C)(C)C(C)(C)C(C)(C)C(=O)O)C1(C)C.[Na+].[O-][I+3]([O-])([O-])[O-].[OH-].[OH-]. The minimum absolute atomic E-state index is 0. The number of carbonyl (C=O) groups excluding carboxylic acids is 1. The van der Waals surface area contributed by atoms with Gasteiger partial charge in [0.2, 0.25) is 0 Å². The molecule has 0 aromatic heterocycles. The van der Waals surface area contributed by atoms with Crippen LogP contribution in [0, 0.1) is 86.6 Å².